The zero-order valence-corrected chi connectivity index (χ0v) is 13.1. The standard InChI is InChI=1S/C18H20N2O2/c1-13-6-4-5-7-16(13)18(22)19-12-17(21)14-8-10-15(11-9-14)20(2)3/h4-11H,12H2,1-3H3,(H,19,22). The van der Waals surface area contributed by atoms with Crippen molar-refractivity contribution in [3.63, 3.8) is 0 Å². The lowest BCUT2D eigenvalue weighted by Crippen LogP contribution is -2.30. The highest BCUT2D eigenvalue weighted by Gasteiger charge is 2.11. The van der Waals surface area contributed by atoms with Crippen LogP contribution in [0.25, 0.3) is 0 Å². The highest BCUT2D eigenvalue weighted by Crippen LogP contribution is 2.12. The number of carbonyl (C=O) groups is 2. The SMILES string of the molecule is Cc1ccccc1C(=O)NCC(=O)c1ccc(N(C)C)cc1. The molecule has 1 N–H and O–H groups in total. The van der Waals surface area contributed by atoms with Gasteiger partial charge in [-0.25, -0.2) is 0 Å². The average molecular weight is 296 g/mol. The summed E-state index contributed by atoms with van der Waals surface area (Å²) in [5, 5.41) is 2.68. The van der Waals surface area contributed by atoms with E-state index in [4.69, 9.17) is 0 Å². The average Bonchev–Trinajstić information content (AvgIpc) is 2.52. The van der Waals surface area contributed by atoms with Crippen LogP contribution >= 0.6 is 0 Å². The summed E-state index contributed by atoms with van der Waals surface area (Å²) in [6.45, 7) is 1.87. The van der Waals surface area contributed by atoms with Crippen molar-refractivity contribution in [3.8, 4) is 0 Å². The van der Waals surface area contributed by atoms with Gasteiger partial charge >= 0.3 is 0 Å². The molecule has 0 saturated heterocycles. The fourth-order valence-electron chi connectivity index (χ4n) is 2.13. The van der Waals surface area contributed by atoms with Crippen LogP contribution < -0.4 is 10.2 Å². The second-order valence-electron chi connectivity index (χ2n) is 5.36. The summed E-state index contributed by atoms with van der Waals surface area (Å²) >= 11 is 0. The van der Waals surface area contributed by atoms with E-state index in [0.29, 0.717) is 11.1 Å². The molecule has 0 fully saturated rings. The van der Waals surface area contributed by atoms with Crippen LogP contribution in [0.15, 0.2) is 48.5 Å². The van der Waals surface area contributed by atoms with Crippen LogP contribution in [-0.4, -0.2) is 32.3 Å². The zero-order chi connectivity index (χ0) is 16.1. The molecule has 0 unspecified atom stereocenters. The molecule has 0 bridgehead atoms. The van der Waals surface area contributed by atoms with Crippen LogP contribution in [-0.2, 0) is 0 Å². The number of anilines is 1. The fourth-order valence-corrected chi connectivity index (χ4v) is 2.13. The fraction of sp³-hybridized carbons (Fsp3) is 0.222. The van der Waals surface area contributed by atoms with E-state index in [2.05, 4.69) is 5.32 Å². The number of Topliss-reactive ketones (excluding diaryl/α,β-unsaturated/α-hetero) is 1. The summed E-state index contributed by atoms with van der Waals surface area (Å²) < 4.78 is 0. The molecular formula is C18H20N2O2. The number of amides is 1. The molecule has 0 aromatic heterocycles. The molecule has 2 aromatic carbocycles. The van der Waals surface area contributed by atoms with Crippen LogP contribution in [0.5, 0.6) is 0 Å². The molecule has 0 aliphatic heterocycles. The van der Waals surface area contributed by atoms with Crippen LogP contribution in [0, 0.1) is 6.92 Å². The largest absolute Gasteiger partial charge is 0.378 e. The predicted octanol–water partition coefficient (Wildman–Crippen LogP) is 2.67. The number of benzene rings is 2. The van der Waals surface area contributed by atoms with E-state index in [-0.39, 0.29) is 18.2 Å². The van der Waals surface area contributed by atoms with Crippen LogP contribution in [0.3, 0.4) is 0 Å². The first-order valence-corrected chi connectivity index (χ1v) is 7.13. The van der Waals surface area contributed by atoms with E-state index in [9.17, 15) is 9.59 Å². The minimum atomic E-state index is -0.226. The molecule has 2 rings (SSSR count). The van der Waals surface area contributed by atoms with Gasteiger partial charge < -0.3 is 10.2 Å². The summed E-state index contributed by atoms with van der Waals surface area (Å²) in [7, 11) is 3.89. The van der Waals surface area contributed by atoms with Gasteiger partial charge in [0.2, 0.25) is 0 Å². The Morgan fingerprint density at radius 2 is 1.64 bits per heavy atom. The van der Waals surface area contributed by atoms with E-state index in [1.165, 1.54) is 0 Å². The Kier molecular flexibility index (Phi) is 4.94. The topological polar surface area (TPSA) is 49.4 Å². The molecule has 0 saturated carbocycles. The lowest BCUT2D eigenvalue weighted by Gasteiger charge is -2.12. The van der Waals surface area contributed by atoms with Crippen molar-refractivity contribution in [2.24, 2.45) is 0 Å². The molecule has 0 radical (unpaired) electrons. The summed E-state index contributed by atoms with van der Waals surface area (Å²) in [4.78, 5) is 26.2. The number of nitrogens with zero attached hydrogens (tertiary/aromatic N) is 1. The maximum absolute atomic E-state index is 12.1. The third kappa shape index (κ3) is 3.73. The van der Waals surface area contributed by atoms with Crippen molar-refractivity contribution >= 4 is 17.4 Å². The Hall–Kier alpha value is -2.62. The molecule has 0 atom stereocenters. The second kappa shape index (κ2) is 6.89. The molecule has 22 heavy (non-hydrogen) atoms. The maximum atomic E-state index is 12.1. The Bertz CT molecular complexity index is 676. The Labute approximate surface area is 130 Å². The van der Waals surface area contributed by atoms with E-state index >= 15 is 0 Å². The first-order chi connectivity index (χ1) is 10.5. The smallest absolute Gasteiger partial charge is 0.251 e. The van der Waals surface area contributed by atoms with Crippen molar-refractivity contribution in [3.05, 3.63) is 65.2 Å². The molecule has 0 spiro atoms. The van der Waals surface area contributed by atoms with E-state index in [1.807, 2.05) is 56.3 Å². The molecule has 1 amide bonds. The number of rotatable bonds is 5. The number of ketones is 1. The van der Waals surface area contributed by atoms with Crippen LogP contribution in [0.2, 0.25) is 0 Å². The molecule has 0 aliphatic rings. The first-order valence-electron chi connectivity index (χ1n) is 7.13. The van der Waals surface area contributed by atoms with Crippen molar-refractivity contribution in [2.75, 3.05) is 25.5 Å². The number of hydrogen-bond donors (Lipinski definition) is 1. The lowest BCUT2D eigenvalue weighted by molar-refractivity contribution is 0.0903. The van der Waals surface area contributed by atoms with Gasteiger partial charge in [-0.15, -0.1) is 0 Å². The molecule has 0 aliphatic carbocycles. The van der Waals surface area contributed by atoms with Gasteiger partial charge in [-0.05, 0) is 42.8 Å². The van der Waals surface area contributed by atoms with Gasteiger partial charge in [0, 0.05) is 30.9 Å². The molecule has 4 heteroatoms. The number of carbonyl (C=O) groups excluding carboxylic acids is 2. The van der Waals surface area contributed by atoms with E-state index in [0.717, 1.165) is 11.3 Å². The molecule has 114 valence electrons. The van der Waals surface area contributed by atoms with Crippen LogP contribution in [0.1, 0.15) is 26.3 Å². The Morgan fingerprint density at radius 1 is 1.00 bits per heavy atom. The predicted molar refractivity (Wildman–Crippen MR) is 88.6 cm³/mol. The highest BCUT2D eigenvalue weighted by atomic mass is 16.2. The third-order valence-electron chi connectivity index (χ3n) is 3.50. The Morgan fingerprint density at radius 3 is 2.23 bits per heavy atom. The molecule has 2 aromatic rings. The summed E-state index contributed by atoms with van der Waals surface area (Å²) in [6.07, 6.45) is 0. The third-order valence-corrected chi connectivity index (χ3v) is 3.50. The lowest BCUT2D eigenvalue weighted by atomic mass is 10.1. The number of hydrogen-bond acceptors (Lipinski definition) is 3. The van der Waals surface area contributed by atoms with Gasteiger partial charge in [-0.3, -0.25) is 9.59 Å². The van der Waals surface area contributed by atoms with Gasteiger partial charge in [0.25, 0.3) is 5.91 Å². The minimum Gasteiger partial charge on any atom is -0.378 e. The van der Waals surface area contributed by atoms with Gasteiger partial charge in [0.15, 0.2) is 5.78 Å². The minimum absolute atomic E-state index is 0.00548. The number of aryl methyl sites for hydroxylation is 1. The van der Waals surface area contributed by atoms with E-state index < -0.39 is 0 Å². The summed E-state index contributed by atoms with van der Waals surface area (Å²) in [5.74, 6) is -0.330. The molecule has 4 nitrogen and oxygen atoms in total. The highest BCUT2D eigenvalue weighted by molar-refractivity contribution is 6.02. The quantitative estimate of drug-likeness (QED) is 0.863. The molecule has 0 heterocycles. The van der Waals surface area contributed by atoms with Crippen molar-refractivity contribution in [1.82, 2.24) is 5.32 Å². The molecular weight excluding hydrogens is 276 g/mol. The van der Waals surface area contributed by atoms with Crippen molar-refractivity contribution in [1.29, 1.82) is 0 Å². The zero-order valence-electron chi connectivity index (χ0n) is 13.1. The van der Waals surface area contributed by atoms with Gasteiger partial charge in [0.1, 0.15) is 0 Å². The van der Waals surface area contributed by atoms with Gasteiger partial charge in [-0.1, -0.05) is 18.2 Å². The summed E-state index contributed by atoms with van der Waals surface area (Å²) in [5.41, 5.74) is 3.11. The number of nitrogens with one attached hydrogen (secondary N) is 1. The van der Waals surface area contributed by atoms with Crippen LogP contribution in [0.4, 0.5) is 5.69 Å². The van der Waals surface area contributed by atoms with Crippen molar-refractivity contribution < 1.29 is 9.59 Å². The van der Waals surface area contributed by atoms with Crippen molar-refractivity contribution in [2.45, 2.75) is 6.92 Å². The van der Waals surface area contributed by atoms with E-state index in [1.54, 1.807) is 18.2 Å². The van der Waals surface area contributed by atoms with Gasteiger partial charge in [0.05, 0.1) is 6.54 Å². The Balaban J connectivity index is 1.98. The normalized spacial score (nSPS) is 10.1. The van der Waals surface area contributed by atoms with Gasteiger partial charge in [-0.2, -0.15) is 0 Å². The monoisotopic (exact) mass is 296 g/mol. The second-order valence-corrected chi connectivity index (χ2v) is 5.36. The maximum Gasteiger partial charge on any atom is 0.251 e. The first kappa shape index (κ1) is 15.8. The summed E-state index contributed by atoms with van der Waals surface area (Å²) in [6, 6.07) is 14.6.